The molecule has 1 saturated carbocycles. The highest BCUT2D eigenvalue weighted by molar-refractivity contribution is 5.99. The van der Waals surface area contributed by atoms with Crippen LogP contribution in [0.1, 0.15) is 61.7 Å². The van der Waals surface area contributed by atoms with Gasteiger partial charge in [-0.15, -0.1) is 0 Å². The van der Waals surface area contributed by atoms with Crippen molar-refractivity contribution in [3.8, 4) is 0 Å². The Labute approximate surface area is 159 Å². The average molecular weight is 373 g/mol. The van der Waals surface area contributed by atoms with E-state index < -0.39 is 4.92 Å². The summed E-state index contributed by atoms with van der Waals surface area (Å²) in [5.41, 5.74) is 0.861. The quantitative estimate of drug-likeness (QED) is 0.642. The van der Waals surface area contributed by atoms with Crippen LogP contribution < -0.4 is 5.32 Å². The smallest absolute Gasteiger partial charge is 0.282 e. The van der Waals surface area contributed by atoms with E-state index in [1.807, 2.05) is 0 Å². The summed E-state index contributed by atoms with van der Waals surface area (Å²) in [6, 6.07) is 5.11. The number of hydrogen-bond acceptors (Lipinski definition) is 5. The summed E-state index contributed by atoms with van der Waals surface area (Å²) in [7, 11) is 0. The monoisotopic (exact) mass is 373 g/mol. The van der Waals surface area contributed by atoms with Gasteiger partial charge in [-0.2, -0.15) is 0 Å². The zero-order valence-electron chi connectivity index (χ0n) is 15.6. The molecular formula is C20H27N3O4. The fraction of sp³-hybridized carbons (Fsp3) is 0.650. The minimum atomic E-state index is -0.463. The molecule has 3 aliphatic rings. The zero-order valence-corrected chi connectivity index (χ0v) is 15.6. The first-order chi connectivity index (χ1) is 13.1. The van der Waals surface area contributed by atoms with Crippen molar-refractivity contribution in [3.05, 3.63) is 33.9 Å². The minimum absolute atomic E-state index is 0.00486. The number of nitrogens with one attached hydrogen (secondary N) is 1. The molecule has 1 atom stereocenters. The van der Waals surface area contributed by atoms with Gasteiger partial charge < -0.3 is 15.0 Å². The highest BCUT2D eigenvalue weighted by Gasteiger charge is 2.40. The number of carbonyl (C=O) groups is 1. The van der Waals surface area contributed by atoms with E-state index in [1.54, 1.807) is 17.0 Å². The van der Waals surface area contributed by atoms with Crippen molar-refractivity contribution >= 4 is 17.3 Å². The first kappa shape index (κ1) is 18.2. The van der Waals surface area contributed by atoms with Crippen molar-refractivity contribution in [1.82, 2.24) is 4.90 Å². The Kier molecular flexibility index (Phi) is 5.04. The second-order valence-electron chi connectivity index (χ2n) is 8.06. The molecule has 2 aliphatic heterocycles. The molecule has 7 nitrogen and oxygen atoms in total. The molecule has 4 rings (SSSR count). The number of rotatable bonds is 4. The molecule has 1 amide bonds. The van der Waals surface area contributed by atoms with Gasteiger partial charge >= 0.3 is 0 Å². The standard InChI is InChI=1S/C20H27N3O4/c24-19(22-10-3-4-11-22)17-13-15(5-6-18(17)23(25)26)21-16-7-12-27-20(14-16)8-1-2-9-20/h5-6,13,16,21H,1-4,7-12,14H2. The zero-order chi connectivity index (χ0) is 18.9. The van der Waals surface area contributed by atoms with Crippen LogP contribution in [0, 0.1) is 10.1 Å². The molecule has 1 aromatic carbocycles. The molecule has 1 aliphatic carbocycles. The summed E-state index contributed by atoms with van der Waals surface area (Å²) in [5.74, 6) is -0.234. The molecule has 1 N–H and O–H groups in total. The maximum absolute atomic E-state index is 12.8. The van der Waals surface area contributed by atoms with Crippen molar-refractivity contribution in [2.45, 2.75) is 63.0 Å². The number of anilines is 1. The van der Waals surface area contributed by atoms with Crippen LogP contribution in [-0.2, 0) is 4.74 Å². The van der Waals surface area contributed by atoms with Crippen LogP contribution in [0.3, 0.4) is 0 Å². The van der Waals surface area contributed by atoms with Crippen LogP contribution in [0.15, 0.2) is 18.2 Å². The maximum Gasteiger partial charge on any atom is 0.282 e. The van der Waals surface area contributed by atoms with E-state index >= 15 is 0 Å². The lowest BCUT2D eigenvalue weighted by Crippen LogP contribution is -2.42. The van der Waals surface area contributed by atoms with Crippen molar-refractivity contribution in [2.75, 3.05) is 25.0 Å². The van der Waals surface area contributed by atoms with Crippen LogP contribution >= 0.6 is 0 Å². The molecule has 2 heterocycles. The van der Waals surface area contributed by atoms with E-state index in [9.17, 15) is 14.9 Å². The normalized spacial score (nSPS) is 24.3. The molecule has 146 valence electrons. The predicted molar refractivity (Wildman–Crippen MR) is 102 cm³/mol. The Hall–Kier alpha value is -2.15. The highest BCUT2D eigenvalue weighted by Crippen LogP contribution is 2.40. The van der Waals surface area contributed by atoms with Crippen LogP contribution in [0.2, 0.25) is 0 Å². The molecule has 27 heavy (non-hydrogen) atoms. The van der Waals surface area contributed by atoms with E-state index in [0.29, 0.717) is 13.1 Å². The van der Waals surface area contributed by atoms with Gasteiger partial charge in [0.1, 0.15) is 5.56 Å². The van der Waals surface area contributed by atoms with Gasteiger partial charge in [0.25, 0.3) is 11.6 Å². The molecule has 1 aromatic rings. The lowest BCUT2D eigenvalue weighted by Gasteiger charge is -2.39. The Morgan fingerprint density at radius 1 is 1.22 bits per heavy atom. The van der Waals surface area contributed by atoms with Crippen molar-refractivity contribution in [1.29, 1.82) is 0 Å². The van der Waals surface area contributed by atoms with E-state index in [4.69, 9.17) is 4.74 Å². The molecule has 0 radical (unpaired) electrons. The van der Waals surface area contributed by atoms with E-state index in [-0.39, 0.29) is 28.8 Å². The number of amides is 1. The SMILES string of the molecule is O=C(c1cc(NC2CCOC3(CCCC3)C2)ccc1[N+](=O)[O-])N1CCCC1. The van der Waals surface area contributed by atoms with Gasteiger partial charge in [-0.1, -0.05) is 12.8 Å². The lowest BCUT2D eigenvalue weighted by atomic mass is 9.89. The van der Waals surface area contributed by atoms with E-state index in [1.165, 1.54) is 18.9 Å². The summed E-state index contributed by atoms with van der Waals surface area (Å²) in [5, 5.41) is 14.9. The highest BCUT2D eigenvalue weighted by atomic mass is 16.6. The first-order valence-corrected chi connectivity index (χ1v) is 10.0. The first-order valence-electron chi connectivity index (χ1n) is 10.0. The minimum Gasteiger partial charge on any atom is -0.382 e. The third-order valence-electron chi connectivity index (χ3n) is 6.20. The Morgan fingerprint density at radius 2 is 1.96 bits per heavy atom. The summed E-state index contributed by atoms with van der Waals surface area (Å²) in [4.78, 5) is 25.5. The molecular weight excluding hydrogens is 346 g/mol. The Bertz CT molecular complexity index is 724. The van der Waals surface area contributed by atoms with Crippen LogP contribution in [0.25, 0.3) is 0 Å². The van der Waals surface area contributed by atoms with Crippen molar-refractivity contribution < 1.29 is 14.5 Å². The molecule has 1 spiro atoms. The summed E-state index contributed by atoms with van der Waals surface area (Å²) in [6.45, 7) is 2.09. The summed E-state index contributed by atoms with van der Waals surface area (Å²) < 4.78 is 6.08. The fourth-order valence-electron chi connectivity index (χ4n) is 4.80. The topological polar surface area (TPSA) is 84.7 Å². The predicted octanol–water partition coefficient (Wildman–Crippen LogP) is 3.73. The van der Waals surface area contributed by atoms with Gasteiger partial charge in [-0.3, -0.25) is 14.9 Å². The molecule has 3 fully saturated rings. The summed E-state index contributed by atoms with van der Waals surface area (Å²) in [6.07, 6.45) is 8.46. The van der Waals surface area contributed by atoms with Gasteiger partial charge in [0, 0.05) is 37.5 Å². The van der Waals surface area contributed by atoms with Gasteiger partial charge in [-0.25, -0.2) is 0 Å². The third kappa shape index (κ3) is 3.78. The van der Waals surface area contributed by atoms with Crippen LogP contribution in [-0.4, -0.2) is 47.1 Å². The molecule has 7 heteroatoms. The average Bonchev–Trinajstić information content (AvgIpc) is 3.33. The second-order valence-corrected chi connectivity index (χ2v) is 8.06. The number of nitro groups is 1. The fourth-order valence-corrected chi connectivity index (χ4v) is 4.80. The summed E-state index contributed by atoms with van der Waals surface area (Å²) >= 11 is 0. The maximum atomic E-state index is 12.8. The molecule has 2 saturated heterocycles. The number of carbonyl (C=O) groups excluding carboxylic acids is 1. The van der Waals surface area contributed by atoms with Crippen LogP contribution in [0.5, 0.6) is 0 Å². The molecule has 0 aromatic heterocycles. The number of nitro benzene ring substituents is 1. The molecule has 0 bridgehead atoms. The number of nitrogens with zero attached hydrogens (tertiary/aromatic N) is 2. The van der Waals surface area contributed by atoms with Gasteiger partial charge in [0.2, 0.25) is 0 Å². The van der Waals surface area contributed by atoms with Gasteiger partial charge in [-0.05, 0) is 50.7 Å². The van der Waals surface area contributed by atoms with Crippen molar-refractivity contribution in [3.63, 3.8) is 0 Å². The largest absolute Gasteiger partial charge is 0.382 e. The van der Waals surface area contributed by atoms with Gasteiger partial charge in [0.15, 0.2) is 0 Å². The van der Waals surface area contributed by atoms with Crippen LogP contribution in [0.4, 0.5) is 11.4 Å². The third-order valence-corrected chi connectivity index (χ3v) is 6.20. The number of hydrogen-bond donors (Lipinski definition) is 1. The van der Waals surface area contributed by atoms with E-state index in [0.717, 1.165) is 50.8 Å². The van der Waals surface area contributed by atoms with E-state index in [2.05, 4.69) is 5.32 Å². The second kappa shape index (κ2) is 7.46. The number of ether oxygens (including phenoxy) is 1. The number of likely N-dealkylation sites (tertiary alicyclic amines) is 1. The lowest BCUT2D eigenvalue weighted by molar-refractivity contribution is -0.385. The van der Waals surface area contributed by atoms with Crippen molar-refractivity contribution in [2.24, 2.45) is 0 Å². The Balaban J connectivity index is 1.53. The number of benzene rings is 1. The molecule has 1 unspecified atom stereocenters. The van der Waals surface area contributed by atoms with Gasteiger partial charge in [0.05, 0.1) is 10.5 Å². The Morgan fingerprint density at radius 3 is 2.67 bits per heavy atom.